The van der Waals surface area contributed by atoms with Crippen molar-refractivity contribution in [1.82, 2.24) is 0 Å². The SMILES string of the molecule is COC(=O)[C@@H](N)CC1C=CC(CCC(C)=O)=CC1. The van der Waals surface area contributed by atoms with Crippen molar-refractivity contribution < 1.29 is 14.3 Å². The van der Waals surface area contributed by atoms with Gasteiger partial charge in [0, 0.05) is 6.42 Å². The fourth-order valence-corrected chi connectivity index (χ4v) is 1.96. The maximum atomic E-state index is 11.2. The van der Waals surface area contributed by atoms with Crippen molar-refractivity contribution in [3.05, 3.63) is 23.8 Å². The van der Waals surface area contributed by atoms with E-state index >= 15 is 0 Å². The molecule has 1 rings (SSSR count). The Morgan fingerprint density at radius 3 is 2.78 bits per heavy atom. The molecule has 2 atom stereocenters. The minimum atomic E-state index is -0.559. The third-order valence-electron chi connectivity index (χ3n) is 3.09. The number of nitrogens with two attached hydrogens (primary N) is 1. The number of Topliss-reactive ketones (excluding diaryl/α,β-unsaturated/α-hetero) is 1. The van der Waals surface area contributed by atoms with E-state index in [4.69, 9.17) is 5.73 Å². The van der Waals surface area contributed by atoms with Gasteiger partial charge in [0.25, 0.3) is 0 Å². The Labute approximate surface area is 108 Å². The summed E-state index contributed by atoms with van der Waals surface area (Å²) in [6.45, 7) is 1.60. The second-order valence-electron chi connectivity index (χ2n) is 4.70. The van der Waals surface area contributed by atoms with Gasteiger partial charge in [0.1, 0.15) is 11.8 Å². The van der Waals surface area contributed by atoms with Crippen molar-refractivity contribution >= 4 is 11.8 Å². The maximum absolute atomic E-state index is 11.2. The maximum Gasteiger partial charge on any atom is 0.322 e. The molecule has 0 heterocycles. The zero-order valence-corrected chi connectivity index (χ0v) is 11.0. The van der Waals surface area contributed by atoms with Crippen molar-refractivity contribution in [2.75, 3.05) is 7.11 Å². The van der Waals surface area contributed by atoms with Crippen molar-refractivity contribution in [2.24, 2.45) is 11.7 Å². The van der Waals surface area contributed by atoms with Gasteiger partial charge in [-0.1, -0.05) is 23.8 Å². The fourth-order valence-electron chi connectivity index (χ4n) is 1.96. The predicted molar refractivity (Wildman–Crippen MR) is 69.9 cm³/mol. The molecule has 4 nitrogen and oxygen atoms in total. The van der Waals surface area contributed by atoms with Crippen LogP contribution in [0.5, 0.6) is 0 Å². The fraction of sp³-hybridized carbons (Fsp3) is 0.571. The lowest BCUT2D eigenvalue weighted by molar-refractivity contribution is -0.142. The smallest absolute Gasteiger partial charge is 0.322 e. The second-order valence-corrected chi connectivity index (χ2v) is 4.70. The standard InChI is InChI=1S/C14H21NO3/c1-10(16)3-4-11-5-7-12(8-6-11)9-13(15)14(17)18-2/h5-7,12-13H,3-4,8-9,15H2,1-2H3/t12?,13-/m0/s1. The first-order valence-corrected chi connectivity index (χ1v) is 6.23. The lowest BCUT2D eigenvalue weighted by Crippen LogP contribution is -2.33. The molecule has 0 aromatic heterocycles. The van der Waals surface area contributed by atoms with Gasteiger partial charge in [-0.15, -0.1) is 0 Å². The van der Waals surface area contributed by atoms with Crippen LogP contribution in [0.4, 0.5) is 0 Å². The summed E-state index contributed by atoms with van der Waals surface area (Å²) in [5.41, 5.74) is 6.91. The van der Waals surface area contributed by atoms with Gasteiger partial charge in [0.2, 0.25) is 0 Å². The van der Waals surface area contributed by atoms with Crippen LogP contribution < -0.4 is 5.73 Å². The number of rotatable bonds is 6. The van der Waals surface area contributed by atoms with Crippen LogP contribution in [0.1, 0.15) is 32.6 Å². The molecule has 0 spiro atoms. The van der Waals surface area contributed by atoms with Crippen molar-refractivity contribution in [3.8, 4) is 0 Å². The van der Waals surface area contributed by atoms with Gasteiger partial charge in [-0.3, -0.25) is 4.79 Å². The Morgan fingerprint density at radius 1 is 1.56 bits per heavy atom. The minimum Gasteiger partial charge on any atom is -0.468 e. The zero-order valence-electron chi connectivity index (χ0n) is 11.0. The van der Waals surface area contributed by atoms with Crippen LogP contribution in [0, 0.1) is 5.92 Å². The molecule has 0 aromatic carbocycles. The first kappa shape index (κ1) is 14.6. The molecule has 100 valence electrons. The molecule has 18 heavy (non-hydrogen) atoms. The van der Waals surface area contributed by atoms with E-state index in [0.29, 0.717) is 12.8 Å². The van der Waals surface area contributed by atoms with Gasteiger partial charge in [-0.25, -0.2) is 0 Å². The molecule has 1 aliphatic carbocycles. The molecule has 0 bridgehead atoms. The van der Waals surface area contributed by atoms with E-state index < -0.39 is 6.04 Å². The molecule has 0 saturated heterocycles. The normalized spacial score (nSPS) is 20.2. The molecule has 0 fully saturated rings. The average molecular weight is 251 g/mol. The number of hydrogen-bond donors (Lipinski definition) is 1. The highest BCUT2D eigenvalue weighted by Gasteiger charge is 2.19. The van der Waals surface area contributed by atoms with Crippen molar-refractivity contribution in [3.63, 3.8) is 0 Å². The topological polar surface area (TPSA) is 69.4 Å². The van der Waals surface area contributed by atoms with Crippen molar-refractivity contribution in [2.45, 2.75) is 38.6 Å². The number of hydrogen-bond acceptors (Lipinski definition) is 4. The third-order valence-corrected chi connectivity index (χ3v) is 3.09. The molecular weight excluding hydrogens is 230 g/mol. The molecule has 0 aliphatic heterocycles. The third kappa shape index (κ3) is 4.84. The Bertz CT molecular complexity index is 371. The Hall–Kier alpha value is -1.42. The quantitative estimate of drug-likeness (QED) is 0.730. The number of allylic oxidation sites excluding steroid dienone is 4. The van der Waals surface area contributed by atoms with Gasteiger partial charge < -0.3 is 15.3 Å². The number of carbonyl (C=O) groups excluding carboxylic acids is 2. The summed E-state index contributed by atoms with van der Waals surface area (Å²) >= 11 is 0. The lowest BCUT2D eigenvalue weighted by atomic mass is 9.90. The highest BCUT2D eigenvalue weighted by molar-refractivity contribution is 5.76. The largest absolute Gasteiger partial charge is 0.468 e. The summed E-state index contributed by atoms with van der Waals surface area (Å²) in [5, 5.41) is 0. The minimum absolute atomic E-state index is 0.208. The van der Waals surface area contributed by atoms with E-state index in [1.807, 2.05) is 6.08 Å². The molecule has 1 unspecified atom stereocenters. The van der Waals surface area contributed by atoms with Gasteiger partial charge in [-0.05, 0) is 32.1 Å². The van der Waals surface area contributed by atoms with Crippen LogP contribution in [0.15, 0.2) is 23.8 Å². The van der Waals surface area contributed by atoms with Crippen LogP contribution in [0.3, 0.4) is 0 Å². The Morgan fingerprint density at radius 2 is 2.28 bits per heavy atom. The first-order valence-electron chi connectivity index (χ1n) is 6.23. The van der Waals surface area contributed by atoms with E-state index in [1.165, 1.54) is 12.7 Å². The molecule has 4 heteroatoms. The lowest BCUT2D eigenvalue weighted by Gasteiger charge is -2.18. The number of carbonyl (C=O) groups is 2. The number of ketones is 1. The number of ether oxygens (including phenoxy) is 1. The van der Waals surface area contributed by atoms with Gasteiger partial charge in [0.05, 0.1) is 7.11 Å². The van der Waals surface area contributed by atoms with E-state index in [1.54, 1.807) is 6.92 Å². The molecule has 0 saturated carbocycles. The summed E-state index contributed by atoms with van der Waals surface area (Å²) in [7, 11) is 1.35. The van der Waals surface area contributed by atoms with Gasteiger partial charge in [-0.2, -0.15) is 0 Å². The molecule has 0 radical (unpaired) electrons. The number of methoxy groups -OCH3 is 1. The molecular formula is C14H21NO3. The van der Waals surface area contributed by atoms with Crippen LogP contribution in [-0.2, 0) is 14.3 Å². The van der Waals surface area contributed by atoms with Crippen LogP contribution >= 0.6 is 0 Å². The summed E-state index contributed by atoms with van der Waals surface area (Å²) in [6.07, 6.45) is 9.06. The average Bonchev–Trinajstić information content (AvgIpc) is 2.36. The summed E-state index contributed by atoms with van der Waals surface area (Å²) in [5.74, 6) is 0.120. The monoisotopic (exact) mass is 251 g/mol. The van der Waals surface area contributed by atoms with Gasteiger partial charge in [0.15, 0.2) is 0 Å². The molecule has 1 aliphatic rings. The van der Waals surface area contributed by atoms with E-state index in [9.17, 15) is 9.59 Å². The first-order chi connectivity index (χ1) is 8.52. The summed E-state index contributed by atoms with van der Waals surface area (Å²) < 4.78 is 4.60. The Balaban J connectivity index is 2.37. The highest BCUT2D eigenvalue weighted by Crippen LogP contribution is 2.23. The summed E-state index contributed by atoms with van der Waals surface area (Å²) in [6, 6.07) is -0.559. The molecule has 2 N–H and O–H groups in total. The summed E-state index contributed by atoms with van der Waals surface area (Å²) in [4.78, 5) is 22.1. The van der Waals surface area contributed by atoms with Crippen LogP contribution in [0.25, 0.3) is 0 Å². The predicted octanol–water partition coefficient (Wildman–Crippen LogP) is 1.75. The second kappa shape index (κ2) is 7.11. The molecule has 0 amide bonds. The highest BCUT2D eigenvalue weighted by atomic mass is 16.5. The van der Waals surface area contributed by atoms with Gasteiger partial charge >= 0.3 is 5.97 Å². The van der Waals surface area contributed by atoms with E-state index in [0.717, 1.165) is 12.8 Å². The van der Waals surface area contributed by atoms with Crippen LogP contribution in [0.2, 0.25) is 0 Å². The number of esters is 1. The van der Waals surface area contributed by atoms with Crippen LogP contribution in [-0.4, -0.2) is 24.9 Å². The molecule has 0 aromatic rings. The van der Waals surface area contributed by atoms with E-state index in [2.05, 4.69) is 16.9 Å². The van der Waals surface area contributed by atoms with E-state index in [-0.39, 0.29) is 17.7 Å². The van der Waals surface area contributed by atoms with Crippen molar-refractivity contribution in [1.29, 1.82) is 0 Å². The zero-order chi connectivity index (χ0) is 13.5. The Kier molecular flexibility index (Phi) is 5.78.